The summed E-state index contributed by atoms with van der Waals surface area (Å²) in [6.45, 7) is 7.94. The molecule has 0 spiro atoms. The van der Waals surface area contributed by atoms with Crippen LogP contribution in [0.2, 0.25) is 0 Å². The van der Waals surface area contributed by atoms with Crippen molar-refractivity contribution in [3.8, 4) is 5.75 Å². The zero-order valence-corrected chi connectivity index (χ0v) is 12.5. The Morgan fingerprint density at radius 1 is 1.25 bits per heavy atom. The van der Waals surface area contributed by atoms with Crippen LogP contribution in [0, 0.1) is 16.0 Å². The average molecular weight is 280 g/mol. The van der Waals surface area contributed by atoms with Crippen molar-refractivity contribution in [1.29, 1.82) is 0 Å². The van der Waals surface area contributed by atoms with Gasteiger partial charge in [0.15, 0.2) is 0 Å². The molecule has 1 rings (SSSR count). The van der Waals surface area contributed by atoms with Gasteiger partial charge < -0.3 is 10.1 Å². The van der Waals surface area contributed by atoms with Crippen LogP contribution in [-0.2, 0) is 0 Å². The molecule has 0 aliphatic carbocycles. The first kappa shape index (κ1) is 16.4. The normalized spacial score (nSPS) is 12.4. The fraction of sp³-hybridized carbons (Fsp3) is 0.600. The number of nitro groups is 1. The Morgan fingerprint density at radius 3 is 2.35 bits per heavy atom. The largest absolute Gasteiger partial charge is 0.492 e. The van der Waals surface area contributed by atoms with E-state index < -0.39 is 4.92 Å². The van der Waals surface area contributed by atoms with Gasteiger partial charge in [0.1, 0.15) is 12.4 Å². The molecule has 0 saturated heterocycles. The van der Waals surface area contributed by atoms with Gasteiger partial charge in [-0.2, -0.15) is 0 Å². The van der Waals surface area contributed by atoms with Crippen LogP contribution in [0.4, 0.5) is 5.69 Å². The maximum atomic E-state index is 10.5. The summed E-state index contributed by atoms with van der Waals surface area (Å²) in [5, 5.41) is 14.0. The van der Waals surface area contributed by atoms with E-state index >= 15 is 0 Å². The Labute approximate surface area is 120 Å². The van der Waals surface area contributed by atoms with Crippen LogP contribution in [0.3, 0.4) is 0 Å². The Kier molecular flexibility index (Phi) is 7.01. The minimum atomic E-state index is -0.414. The van der Waals surface area contributed by atoms with E-state index in [1.165, 1.54) is 25.0 Å². The van der Waals surface area contributed by atoms with Gasteiger partial charge in [0.05, 0.1) is 4.92 Å². The standard InChI is InChI=1S/C15H24N2O3/c1-4-13(5-2)12(3)16-10-11-20-15-8-6-14(7-9-15)17(18)19/h6-9,12-13,16H,4-5,10-11H2,1-3H3. The van der Waals surface area contributed by atoms with Gasteiger partial charge in [0.25, 0.3) is 5.69 Å². The van der Waals surface area contributed by atoms with Crippen molar-refractivity contribution in [2.45, 2.75) is 39.7 Å². The summed E-state index contributed by atoms with van der Waals surface area (Å²) in [6.07, 6.45) is 2.35. The summed E-state index contributed by atoms with van der Waals surface area (Å²) in [4.78, 5) is 10.1. The van der Waals surface area contributed by atoms with E-state index in [-0.39, 0.29) is 5.69 Å². The summed E-state index contributed by atoms with van der Waals surface area (Å²) >= 11 is 0. The predicted molar refractivity (Wildman–Crippen MR) is 80.1 cm³/mol. The fourth-order valence-electron chi connectivity index (χ4n) is 2.28. The van der Waals surface area contributed by atoms with Gasteiger partial charge in [0, 0.05) is 24.7 Å². The third-order valence-electron chi connectivity index (χ3n) is 3.64. The van der Waals surface area contributed by atoms with Gasteiger partial charge >= 0.3 is 0 Å². The van der Waals surface area contributed by atoms with Gasteiger partial charge in [-0.1, -0.05) is 26.7 Å². The molecular weight excluding hydrogens is 256 g/mol. The number of nitrogens with zero attached hydrogens (tertiary/aromatic N) is 1. The number of ether oxygens (including phenoxy) is 1. The van der Waals surface area contributed by atoms with E-state index in [9.17, 15) is 10.1 Å². The predicted octanol–water partition coefficient (Wildman–Crippen LogP) is 3.39. The van der Waals surface area contributed by atoms with Gasteiger partial charge in [-0.15, -0.1) is 0 Å². The van der Waals surface area contributed by atoms with Gasteiger partial charge in [-0.25, -0.2) is 0 Å². The molecule has 0 heterocycles. The second-order valence-electron chi connectivity index (χ2n) is 4.92. The molecule has 0 saturated carbocycles. The first-order valence-corrected chi connectivity index (χ1v) is 7.19. The van der Waals surface area contributed by atoms with Gasteiger partial charge in [-0.3, -0.25) is 10.1 Å². The number of rotatable bonds is 9. The lowest BCUT2D eigenvalue weighted by Crippen LogP contribution is -2.35. The number of non-ortho nitro benzene ring substituents is 1. The number of nitro benzene ring substituents is 1. The molecule has 112 valence electrons. The molecule has 1 aromatic carbocycles. The van der Waals surface area contributed by atoms with Crippen LogP contribution in [0.1, 0.15) is 33.6 Å². The molecule has 0 bridgehead atoms. The van der Waals surface area contributed by atoms with Crippen molar-refractivity contribution in [3.05, 3.63) is 34.4 Å². The lowest BCUT2D eigenvalue weighted by Gasteiger charge is -2.22. The van der Waals surface area contributed by atoms with E-state index in [1.807, 2.05) is 0 Å². The third-order valence-corrected chi connectivity index (χ3v) is 3.64. The van der Waals surface area contributed by atoms with E-state index in [1.54, 1.807) is 12.1 Å². The zero-order chi connectivity index (χ0) is 15.0. The Bertz CT molecular complexity index is 402. The third kappa shape index (κ3) is 5.17. The molecule has 0 amide bonds. The first-order chi connectivity index (χ1) is 9.58. The first-order valence-electron chi connectivity index (χ1n) is 7.19. The Morgan fingerprint density at radius 2 is 1.85 bits per heavy atom. The number of benzene rings is 1. The molecule has 1 aromatic rings. The molecule has 1 unspecified atom stereocenters. The molecular formula is C15H24N2O3. The molecule has 1 N–H and O–H groups in total. The van der Waals surface area contributed by atoms with Crippen molar-refractivity contribution in [3.63, 3.8) is 0 Å². The minimum absolute atomic E-state index is 0.0813. The monoisotopic (exact) mass is 280 g/mol. The second kappa shape index (κ2) is 8.53. The summed E-state index contributed by atoms with van der Waals surface area (Å²) in [5.74, 6) is 1.35. The SMILES string of the molecule is CCC(CC)C(C)NCCOc1ccc([N+](=O)[O-])cc1. The van der Waals surface area contributed by atoms with E-state index in [0.29, 0.717) is 24.3 Å². The lowest BCUT2D eigenvalue weighted by molar-refractivity contribution is -0.384. The molecule has 0 aliphatic heterocycles. The van der Waals surface area contributed by atoms with Crippen molar-refractivity contribution in [2.24, 2.45) is 5.92 Å². The molecule has 0 radical (unpaired) electrons. The number of hydrogen-bond donors (Lipinski definition) is 1. The van der Waals surface area contributed by atoms with Crippen molar-refractivity contribution in [2.75, 3.05) is 13.2 Å². The molecule has 0 aliphatic rings. The van der Waals surface area contributed by atoms with Crippen LogP contribution in [0.25, 0.3) is 0 Å². The summed E-state index contributed by atoms with van der Waals surface area (Å²) in [7, 11) is 0. The Hall–Kier alpha value is -1.62. The summed E-state index contributed by atoms with van der Waals surface area (Å²) < 4.78 is 5.55. The van der Waals surface area contributed by atoms with Crippen molar-refractivity contribution in [1.82, 2.24) is 5.32 Å². The highest BCUT2D eigenvalue weighted by atomic mass is 16.6. The fourth-order valence-corrected chi connectivity index (χ4v) is 2.28. The smallest absolute Gasteiger partial charge is 0.269 e. The van der Waals surface area contributed by atoms with Gasteiger partial charge in [0.2, 0.25) is 0 Å². The van der Waals surface area contributed by atoms with E-state index in [2.05, 4.69) is 26.1 Å². The molecule has 20 heavy (non-hydrogen) atoms. The highest BCUT2D eigenvalue weighted by Crippen LogP contribution is 2.17. The molecule has 1 atom stereocenters. The van der Waals surface area contributed by atoms with Crippen molar-refractivity contribution < 1.29 is 9.66 Å². The van der Waals surface area contributed by atoms with E-state index in [4.69, 9.17) is 4.74 Å². The van der Waals surface area contributed by atoms with E-state index in [0.717, 1.165) is 6.54 Å². The molecule has 5 heteroatoms. The topological polar surface area (TPSA) is 64.4 Å². The van der Waals surface area contributed by atoms with Crippen LogP contribution in [0.5, 0.6) is 5.75 Å². The average Bonchev–Trinajstić information content (AvgIpc) is 2.45. The summed E-state index contributed by atoms with van der Waals surface area (Å²) in [5.41, 5.74) is 0.0813. The maximum absolute atomic E-state index is 10.5. The Balaban J connectivity index is 2.29. The molecule has 5 nitrogen and oxygen atoms in total. The summed E-state index contributed by atoms with van der Waals surface area (Å²) in [6, 6.07) is 6.64. The minimum Gasteiger partial charge on any atom is -0.492 e. The number of nitrogens with one attached hydrogen (secondary N) is 1. The highest BCUT2D eigenvalue weighted by molar-refractivity contribution is 5.35. The van der Waals surface area contributed by atoms with Crippen molar-refractivity contribution >= 4 is 5.69 Å². The van der Waals surface area contributed by atoms with Crippen LogP contribution in [-0.4, -0.2) is 24.1 Å². The van der Waals surface area contributed by atoms with Gasteiger partial charge in [-0.05, 0) is 25.0 Å². The lowest BCUT2D eigenvalue weighted by atomic mass is 9.96. The van der Waals surface area contributed by atoms with Crippen LogP contribution >= 0.6 is 0 Å². The molecule has 0 fully saturated rings. The quantitative estimate of drug-likeness (QED) is 0.428. The maximum Gasteiger partial charge on any atom is 0.269 e. The molecule has 0 aromatic heterocycles. The van der Waals surface area contributed by atoms with Crippen LogP contribution in [0.15, 0.2) is 24.3 Å². The second-order valence-corrected chi connectivity index (χ2v) is 4.92. The highest BCUT2D eigenvalue weighted by Gasteiger charge is 2.12. The van der Waals surface area contributed by atoms with Crippen LogP contribution < -0.4 is 10.1 Å². The number of hydrogen-bond acceptors (Lipinski definition) is 4. The zero-order valence-electron chi connectivity index (χ0n) is 12.5.